The van der Waals surface area contributed by atoms with Crippen LogP contribution in [-0.4, -0.2) is 24.0 Å². The number of carbonyl (C=O) groups excluding carboxylic acids is 2. The molecule has 138 valence electrons. The maximum absolute atomic E-state index is 12.7. The van der Waals surface area contributed by atoms with Crippen LogP contribution in [0.25, 0.3) is 11.1 Å². The van der Waals surface area contributed by atoms with Gasteiger partial charge in [0.25, 0.3) is 5.91 Å². The third-order valence-corrected chi connectivity index (χ3v) is 4.84. The topological polar surface area (TPSA) is 79.2 Å². The van der Waals surface area contributed by atoms with E-state index in [-0.39, 0.29) is 11.9 Å². The lowest BCUT2D eigenvalue weighted by Crippen LogP contribution is -2.40. The molecule has 3 rings (SSSR count). The van der Waals surface area contributed by atoms with Crippen LogP contribution in [0.15, 0.2) is 48.5 Å². The van der Waals surface area contributed by atoms with E-state index in [0.29, 0.717) is 22.3 Å². The predicted molar refractivity (Wildman–Crippen MR) is 102 cm³/mol. The minimum absolute atomic E-state index is 0.174. The molecule has 1 fully saturated rings. The van der Waals surface area contributed by atoms with Gasteiger partial charge in [-0.2, -0.15) is 5.26 Å². The molecule has 0 radical (unpaired) electrons. The Morgan fingerprint density at radius 1 is 1.07 bits per heavy atom. The van der Waals surface area contributed by atoms with Crippen LogP contribution >= 0.6 is 0 Å². The second-order valence-electron chi connectivity index (χ2n) is 6.74. The number of ether oxygens (including phenoxy) is 1. The Balaban J connectivity index is 1.77. The molecule has 0 unspecified atom stereocenters. The van der Waals surface area contributed by atoms with E-state index in [0.717, 1.165) is 25.7 Å². The van der Waals surface area contributed by atoms with Crippen LogP contribution in [0, 0.1) is 11.3 Å². The van der Waals surface area contributed by atoms with E-state index in [4.69, 9.17) is 4.74 Å². The van der Waals surface area contributed by atoms with Gasteiger partial charge in [-0.05, 0) is 37.5 Å². The molecule has 2 aromatic rings. The third kappa shape index (κ3) is 4.35. The molecule has 5 heteroatoms. The Bertz CT molecular complexity index is 879. The highest BCUT2D eigenvalue weighted by molar-refractivity contribution is 5.99. The summed E-state index contributed by atoms with van der Waals surface area (Å²) >= 11 is 0. The number of nitriles is 1. The van der Waals surface area contributed by atoms with E-state index in [1.165, 1.54) is 0 Å². The van der Waals surface area contributed by atoms with Crippen LogP contribution in [0.2, 0.25) is 0 Å². The molecule has 1 atom stereocenters. The lowest BCUT2D eigenvalue weighted by atomic mass is 9.96. The number of carbonyl (C=O) groups is 2. The molecule has 0 heterocycles. The SMILES string of the molecule is C[C@H](OC(=O)c1ccccc1-c1ccccc1C#N)C(=O)NC1CCCC1. The largest absolute Gasteiger partial charge is 0.449 e. The molecule has 2 aromatic carbocycles. The van der Waals surface area contributed by atoms with Gasteiger partial charge < -0.3 is 10.1 Å². The highest BCUT2D eigenvalue weighted by Crippen LogP contribution is 2.27. The molecule has 0 aromatic heterocycles. The van der Waals surface area contributed by atoms with E-state index >= 15 is 0 Å². The van der Waals surface area contributed by atoms with E-state index in [1.54, 1.807) is 49.4 Å². The van der Waals surface area contributed by atoms with Gasteiger partial charge in [-0.1, -0.05) is 49.2 Å². The molecular formula is C22H22N2O3. The summed E-state index contributed by atoms with van der Waals surface area (Å²) in [6.07, 6.45) is 3.30. The van der Waals surface area contributed by atoms with E-state index in [9.17, 15) is 14.9 Å². The molecule has 27 heavy (non-hydrogen) atoms. The Hall–Kier alpha value is -3.13. The van der Waals surface area contributed by atoms with E-state index in [1.807, 2.05) is 6.07 Å². The number of rotatable bonds is 5. The lowest BCUT2D eigenvalue weighted by Gasteiger charge is -2.18. The summed E-state index contributed by atoms with van der Waals surface area (Å²) in [6.45, 7) is 1.58. The fraction of sp³-hybridized carbons (Fsp3) is 0.318. The Labute approximate surface area is 159 Å². The van der Waals surface area contributed by atoms with Gasteiger partial charge in [-0.3, -0.25) is 4.79 Å². The Morgan fingerprint density at radius 3 is 2.41 bits per heavy atom. The van der Waals surface area contributed by atoms with Crippen molar-refractivity contribution >= 4 is 11.9 Å². The maximum Gasteiger partial charge on any atom is 0.339 e. The molecular weight excluding hydrogens is 340 g/mol. The zero-order valence-corrected chi connectivity index (χ0v) is 15.3. The van der Waals surface area contributed by atoms with Crippen molar-refractivity contribution in [1.29, 1.82) is 5.26 Å². The van der Waals surface area contributed by atoms with Crippen LogP contribution in [0.4, 0.5) is 0 Å². The summed E-state index contributed by atoms with van der Waals surface area (Å²) in [4.78, 5) is 25.0. The molecule has 5 nitrogen and oxygen atoms in total. The van der Waals surface area contributed by atoms with Crippen molar-refractivity contribution in [2.24, 2.45) is 0 Å². The minimum Gasteiger partial charge on any atom is -0.449 e. The van der Waals surface area contributed by atoms with Gasteiger partial charge in [0.2, 0.25) is 0 Å². The predicted octanol–water partition coefficient (Wildman–Crippen LogP) is 3.83. The van der Waals surface area contributed by atoms with Crippen molar-refractivity contribution in [2.45, 2.75) is 44.8 Å². The van der Waals surface area contributed by atoms with Crippen LogP contribution in [-0.2, 0) is 9.53 Å². The smallest absolute Gasteiger partial charge is 0.339 e. The first-order valence-electron chi connectivity index (χ1n) is 9.20. The Kier molecular flexibility index (Phi) is 5.87. The van der Waals surface area contributed by atoms with Crippen molar-refractivity contribution in [3.05, 3.63) is 59.7 Å². The number of benzene rings is 2. The minimum atomic E-state index is -0.877. The lowest BCUT2D eigenvalue weighted by molar-refractivity contribution is -0.129. The summed E-state index contributed by atoms with van der Waals surface area (Å²) in [5, 5.41) is 12.3. The maximum atomic E-state index is 12.7. The van der Waals surface area contributed by atoms with Gasteiger partial charge in [0.05, 0.1) is 17.2 Å². The fourth-order valence-electron chi connectivity index (χ4n) is 3.38. The average molecular weight is 362 g/mol. The summed E-state index contributed by atoms with van der Waals surface area (Å²) in [5.74, 6) is -0.849. The van der Waals surface area contributed by atoms with E-state index in [2.05, 4.69) is 11.4 Å². The third-order valence-electron chi connectivity index (χ3n) is 4.84. The molecule has 1 aliphatic rings. The van der Waals surface area contributed by atoms with Gasteiger partial charge >= 0.3 is 5.97 Å². The van der Waals surface area contributed by atoms with Crippen molar-refractivity contribution < 1.29 is 14.3 Å². The van der Waals surface area contributed by atoms with Gasteiger partial charge in [0.1, 0.15) is 0 Å². The zero-order chi connectivity index (χ0) is 19.2. The van der Waals surface area contributed by atoms with Gasteiger partial charge in [0, 0.05) is 11.6 Å². The molecule has 0 aliphatic heterocycles. The van der Waals surface area contributed by atoms with Gasteiger partial charge in [-0.15, -0.1) is 0 Å². The van der Waals surface area contributed by atoms with Crippen LogP contribution in [0.1, 0.15) is 48.5 Å². The van der Waals surface area contributed by atoms with Crippen molar-refractivity contribution in [1.82, 2.24) is 5.32 Å². The van der Waals surface area contributed by atoms with Crippen molar-refractivity contribution in [3.8, 4) is 17.2 Å². The number of nitrogens with one attached hydrogen (secondary N) is 1. The average Bonchev–Trinajstić information content (AvgIpc) is 3.20. The number of amides is 1. The fourth-order valence-corrected chi connectivity index (χ4v) is 3.38. The van der Waals surface area contributed by atoms with Crippen LogP contribution in [0.5, 0.6) is 0 Å². The molecule has 1 amide bonds. The summed E-state index contributed by atoms with van der Waals surface area (Å²) in [6, 6.07) is 16.4. The molecule has 0 bridgehead atoms. The molecule has 1 saturated carbocycles. The highest BCUT2D eigenvalue weighted by atomic mass is 16.5. The van der Waals surface area contributed by atoms with Crippen molar-refractivity contribution in [3.63, 3.8) is 0 Å². The normalized spacial score (nSPS) is 15.0. The van der Waals surface area contributed by atoms with E-state index < -0.39 is 12.1 Å². The number of hydrogen-bond acceptors (Lipinski definition) is 4. The first kappa shape index (κ1) is 18.7. The summed E-state index contributed by atoms with van der Waals surface area (Å²) in [7, 11) is 0. The van der Waals surface area contributed by atoms with Crippen molar-refractivity contribution in [2.75, 3.05) is 0 Å². The van der Waals surface area contributed by atoms with Gasteiger partial charge in [0.15, 0.2) is 6.10 Å². The highest BCUT2D eigenvalue weighted by Gasteiger charge is 2.24. The standard InChI is InChI=1S/C22H22N2O3/c1-15(21(25)24-17-9-3-4-10-17)27-22(26)20-13-7-6-12-19(20)18-11-5-2-8-16(18)14-23/h2,5-8,11-13,15,17H,3-4,9-10H2,1H3,(H,24,25)/t15-/m0/s1. The van der Waals surface area contributed by atoms with Gasteiger partial charge in [-0.25, -0.2) is 4.79 Å². The first-order chi connectivity index (χ1) is 13.1. The second kappa shape index (κ2) is 8.50. The molecule has 1 aliphatic carbocycles. The van der Waals surface area contributed by atoms with Crippen LogP contribution in [0.3, 0.4) is 0 Å². The molecule has 0 saturated heterocycles. The second-order valence-corrected chi connectivity index (χ2v) is 6.74. The number of hydrogen-bond donors (Lipinski definition) is 1. The number of nitrogens with zero attached hydrogens (tertiary/aromatic N) is 1. The first-order valence-corrected chi connectivity index (χ1v) is 9.20. The Morgan fingerprint density at radius 2 is 1.70 bits per heavy atom. The monoisotopic (exact) mass is 362 g/mol. The molecule has 1 N–H and O–H groups in total. The zero-order valence-electron chi connectivity index (χ0n) is 15.3. The summed E-state index contributed by atoms with van der Waals surface area (Å²) < 4.78 is 5.41. The number of esters is 1. The summed E-state index contributed by atoms with van der Waals surface area (Å²) in [5.41, 5.74) is 2.09. The van der Waals surface area contributed by atoms with Crippen LogP contribution < -0.4 is 5.32 Å². The molecule has 0 spiro atoms. The quantitative estimate of drug-likeness (QED) is 0.820.